The lowest BCUT2D eigenvalue weighted by molar-refractivity contribution is -0.135. The fourth-order valence-electron chi connectivity index (χ4n) is 2.03. The SMILES string of the molecule is COc1cc(CNCC(=O)O)c(Cl)cc1OCc1ccc(F)cc1. The molecule has 2 aromatic carbocycles. The minimum absolute atomic E-state index is 0.165. The largest absolute Gasteiger partial charge is 0.493 e. The van der Waals surface area contributed by atoms with Crippen molar-refractivity contribution in [1.29, 1.82) is 0 Å². The summed E-state index contributed by atoms with van der Waals surface area (Å²) in [6.45, 7) is 0.366. The van der Waals surface area contributed by atoms with Gasteiger partial charge in [0.15, 0.2) is 11.5 Å². The third-order valence-electron chi connectivity index (χ3n) is 3.23. The van der Waals surface area contributed by atoms with Gasteiger partial charge in [-0.1, -0.05) is 23.7 Å². The van der Waals surface area contributed by atoms with E-state index in [4.69, 9.17) is 26.2 Å². The number of hydrogen-bond donors (Lipinski definition) is 2. The summed E-state index contributed by atoms with van der Waals surface area (Å²) in [6, 6.07) is 9.29. The molecule has 0 spiro atoms. The van der Waals surface area contributed by atoms with Gasteiger partial charge in [0.1, 0.15) is 12.4 Å². The number of carbonyl (C=O) groups is 1. The molecule has 2 rings (SSSR count). The molecule has 0 fully saturated rings. The monoisotopic (exact) mass is 353 g/mol. The molecule has 0 saturated carbocycles. The molecule has 0 radical (unpaired) electrons. The van der Waals surface area contributed by atoms with Crippen LogP contribution in [0.25, 0.3) is 0 Å². The van der Waals surface area contributed by atoms with Gasteiger partial charge < -0.3 is 19.9 Å². The van der Waals surface area contributed by atoms with Crippen molar-refractivity contribution < 1.29 is 23.8 Å². The molecule has 24 heavy (non-hydrogen) atoms. The van der Waals surface area contributed by atoms with Gasteiger partial charge in [0.05, 0.1) is 13.7 Å². The molecule has 0 atom stereocenters. The number of aliphatic carboxylic acids is 1. The summed E-state index contributed by atoms with van der Waals surface area (Å²) in [5.41, 5.74) is 1.51. The standard InChI is InChI=1S/C17H17ClFNO4/c1-23-15-6-12(8-20-9-17(21)22)14(18)7-16(15)24-10-11-2-4-13(19)5-3-11/h2-7,20H,8-10H2,1H3,(H,21,22). The van der Waals surface area contributed by atoms with Gasteiger partial charge in [0.25, 0.3) is 0 Å². The maximum atomic E-state index is 12.9. The van der Waals surface area contributed by atoms with E-state index in [-0.39, 0.29) is 19.0 Å². The lowest BCUT2D eigenvalue weighted by Gasteiger charge is -2.14. The predicted octanol–water partition coefficient (Wildman–Crippen LogP) is 3.24. The second kappa shape index (κ2) is 8.52. The Balaban J connectivity index is 2.07. The van der Waals surface area contributed by atoms with Crippen LogP contribution in [0.1, 0.15) is 11.1 Å². The highest BCUT2D eigenvalue weighted by Gasteiger charge is 2.11. The van der Waals surface area contributed by atoms with Gasteiger partial charge in [0.2, 0.25) is 0 Å². The Kier molecular flexibility index (Phi) is 6.40. The Morgan fingerprint density at radius 1 is 1.25 bits per heavy atom. The lowest BCUT2D eigenvalue weighted by Crippen LogP contribution is -2.22. The number of hydrogen-bond acceptors (Lipinski definition) is 4. The first-order valence-electron chi connectivity index (χ1n) is 7.15. The van der Waals surface area contributed by atoms with Crippen molar-refractivity contribution in [3.8, 4) is 11.5 Å². The third-order valence-corrected chi connectivity index (χ3v) is 3.58. The number of nitrogens with one attached hydrogen (secondary N) is 1. The van der Waals surface area contributed by atoms with Crippen LogP contribution in [-0.4, -0.2) is 24.7 Å². The highest BCUT2D eigenvalue weighted by molar-refractivity contribution is 6.31. The highest BCUT2D eigenvalue weighted by atomic mass is 35.5. The van der Waals surface area contributed by atoms with Crippen molar-refractivity contribution >= 4 is 17.6 Å². The van der Waals surface area contributed by atoms with Gasteiger partial charge in [-0.15, -0.1) is 0 Å². The maximum absolute atomic E-state index is 12.9. The first kappa shape index (κ1) is 18.0. The van der Waals surface area contributed by atoms with Crippen molar-refractivity contribution in [2.45, 2.75) is 13.2 Å². The van der Waals surface area contributed by atoms with E-state index in [0.29, 0.717) is 28.6 Å². The Hall–Kier alpha value is -2.31. The zero-order valence-electron chi connectivity index (χ0n) is 13.0. The number of halogens is 2. The Bertz CT molecular complexity index is 706. The molecule has 0 amide bonds. The van der Waals surface area contributed by atoms with Gasteiger partial charge in [0, 0.05) is 17.6 Å². The van der Waals surface area contributed by atoms with E-state index in [0.717, 1.165) is 5.56 Å². The minimum Gasteiger partial charge on any atom is -0.493 e. The summed E-state index contributed by atoms with van der Waals surface area (Å²) in [6.07, 6.45) is 0. The summed E-state index contributed by atoms with van der Waals surface area (Å²) < 4.78 is 23.9. The van der Waals surface area contributed by atoms with Crippen LogP contribution in [0.15, 0.2) is 36.4 Å². The molecule has 0 saturated heterocycles. The average Bonchev–Trinajstić information content (AvgIpc) is 2.55. The lowest BCUT2D eigenvalue weighted by atomic mass is 10.2. The average molecular weight is 354 g/mol. The molecule has 5 nitrogen and oxygen atoms in total. The van der Waals surface area contributed by atoms with Crippen LogP contribution in [0.5, 0.6) is 11.5 Å². The quantitative estimate of drug-likeness (QED) is 0.762. The smallest absolute Gasteiger partial charge is 0.317 e. The van der Waals surface area contributed by atoms with Crippen LogP contribution in [0.3, 0.4) is 0 Å². The van der Waals surface area contributed by atoms with Crippen molar-refractivity contribution in [3.63, 3.8) is 0 Å². The second-order valence-corrected chi connectivity index (χ2v) is 5.41. The summed E-state index contributed by atoms with van der Waals surface area (Å²) in [5, 5.41) is 11.8. The predicted molar refractivity (Wildman–Crippen MR) is 88.1 cm³/mol. The van der Waals surface area contributed by atoms with Crippen LogP contribution in [0.4, 0.5) is 4.39 Å². The molecule has 0 aromatic heterocycles. The molecule has 0 aliphatic carbocycles. The van der Waals surface area contributed by atoms with Gasteiger partial charge in [-0.3, -0.25) is 4.79 Å². The summed E-state index contributed by atoms with van der Waals surface area (Å²) in [7, 11) is 1.50. The molecular formula is C17H17ClFNO4. The molecule has 2 N–H and O–H groups in total. The number of carboxylic acid groups (broad SMARTS) is 1. The fourth-order valence-corrected chi connectivity index (χ4v) is 2.25. The third kappa shape index (κ3) is 5.11. The number of ether oxygens (including phenoxy) is 2. The van der Waals surface area contributed by atoms with Crippen LogP contribution in [0, 0.1) is 5.82 Å². The van der Waals surface area contributed by atoms with Crippen LogP contribution < -0.4 is 14.8 Å². The van der Waals surface area contributed by atoms with Gasteiger partial charge in [-0.2, -0.15) is 0 Å². The normalized spacial score (nSPS) is 10.5. The Morgan fingerprint density at radius 3 is 2.58 bits per heavy atom. The topological polar surface area (TPSA) is 67.8 Å². The highest BCUT2D eigenvalue weighted by Crippen LogP contribution is 2.33. The van der Waals surface area contributed by atoms with Crippen molar-refractivity contribution in [2.24, 2.45) is 0 Å². The molecule has 0 heterocycles. The van der Waals surface area contributed by atoms with Crippen molar-refractivity contribution in [2.75, 3.05) is 13.7 Å². The van der Waals surface area contributed by atoms with Gasteiger partial charge >= 0.3 is 5.97 Å². The van der Waals surface area contributed by atoms with E-state index < -0.39 is 5.97 Å². The first-order valence-corrected chi connectivity index (χ1v) is 7.53. The minimum atomic E-state index is -0.947. The van der Waals surface area contributed by atoms with Crippen LogP contribution >= 0.6 is 11.6 Å². The molecule has 0 unspecified atom stereocenters. The molecule has 2 aromatic rings. The van der Waals surface area contributed by atoms with Gasteiger partial charge in [-0.25, -0.2) is 4.39 Å². The molecule has 0 aliphatic heterocycles. The fraction of sp³-hybridized carbons (Fsp3) is 0.235. The van der Waals surface area contributed by atoms with Crippen molar-refractivity contribution in [1.82, 2.24) is 5.32 Å². The molecular weight excluding hydrogens is 337 g/mol. The molecule has 0 bridgehead atoms. The number of methoxy groups -OCH3 is 1. The Morgan fingerprint density at radius 2 is 1.96 bits per heavy atom. The van der Waals surface area contributed by atoms with Crippen LogP contribution in [0.2, 0.25) is 5.02 Å². The number of benzene rings is 2. The van der Waals surface area contributed by atoms with E-state index in [2.05, 4.69) is 5.32 Å². The summed E-state index contributed by atoms with van der Waals surface area (Å²) >= 11 is 6.20. The summed E-state index contributed by atoms with van der Waals surface area (Å²) in [4.78, 5) is 10.5. The van der Waals surface area contributed by atoms with Crippen molar-refractivity contribution in [3.05, 3.63) is 58.4 Å². The second-order valence-electron chi connectivity index (χ2n) is 5.01. The first-order chi connectivity index (χ1) is 11.5. The van der Waals surface area contributed by atoms with Gasteiger partial charge in [-0.05, 0) is 29.3 Å². The zero-order valence-corrected chi connectivity index (χ0v) is 13.8. The number of carboxylic acids is 1. The van der Waals surface area contributed by atoms with E-state index in [1.54, 1.807) is 24.3 Å². The molecule has 7 heteroatoms. The van der Waals surface area contributed by atoms with E-state index in [1.165, 1.54) is 19.2 Å². The Labute approximate surface area is 144 Å². The van der Waals surface area contributed by atoms with E-state index >= 15 is 0 Å². The molecule has 0 aliphatic rings. The summed E-state index contributed by atoms with van der Waals surface area (Å²) in [5.74, 6) is -0.322. The zero-order chi connectivity index (χ0) is 17.5. The maximum Gasteiger partial charge on any atom is 0.317 e. The molecule has 128 valence electrons. The number of rotatable bonds is 8. The van der Waals surface area contributed by atoms with E-state index in [9.17, 15) is 9.18 Å². The van der Waals surface area contributed by atoms with E-state index in [1.807, 2.05) is 0 Å². The van der Waals surface area contributed by atoms with Crippen LogP contribution in [-0.2, 0) is 17.9 Å².